The molecule has 0 aliphatic heterocycles. The van der Waals surface area contributed by atoms with Crippen molar-refractivity contribution < 1.29 is 9.85 Å². The van der Waals surface area contributed by atoms with Crippen LogP contribution in [0.3, 0.4) is 0 Å². The van der Waals surface area contributed by atoms with Crippen molar-refractivity contribution in [2.45, 2.75) is 8.68 Å². The average Bonchev–Trinajstić information content (AvgIpc) is 3.42. The molecule has 0 aliphatic carbocycles. The van der Waals surface area contributed by atoms with Crippen LogP contribution in [0.4, 0.5) is 11.4 Å². The van der Waals surface area contributed by atoms with E-state index >= 15 is 0 Å². The van der Waals surface area contributed by atoms with Gasteiger partial charge in [-0.2, -0.15) is 0 Å². The van der Waals surface area contributed by atoms with E-state index in [0.717, 1.165) is 8.68 Å². The van der Waals surface area contributed by atoms with Crippen LogP contribution < -0.4 is 0 Å². The fourth-order valence-corrected chi connectivity index (χ4v) is 6.58. The lowest BCUT2D eigenvalue weighted by atomic mass is 10.1. The number of thiazole rings is 2. The fourth-order valence-electron chi connectivity index (χ4n) is 2.49. The highest BCUT2D eigenvalue weighted by Gasteiger charge is 2.13. The first kappa shape index (κ1) is 20.5. The first-order valence-electron chi connectivity index (χ1n) is 8.25. The summed E-state index contributed by atoms with van der Waals surface area (Å²) < 4.78 is 1.60. The molecule has 0 unspecified atom stereocenters. The summed E-state index contributed by atoms with van der Waals surface area (Å²) in [5.74, 6) is 0. The molecule has 2 aromatic carbocycles. The highest BCUT2D eigenvalue weighted by atomic mass is 33.1. The Balaban J connectivity index is 1.44. The van der Waals surface area contributed by atoms with E-state index in [1.165, 1.54) is 68.5 Å². The van der Waals surface area contributed by atoms with Gasteiger partial charge in [0.2, 0.25) is 0 Å². The minimum Gasteiger partial charge on any atom is -0.258 e. The van der Waals surface area contributed by atoms with E-state index in [1.54, 1.807) is 24.3 Å². The first-order valence-corrected chi connectivity index (χ1v) is 12.2. The molecule has 0 amide bonds. The molecular formula is C18H10N4O4S4. The van der Waals surface area contributed by atoms with Gasteiger partial charge in [0.1, 0.15) is 0 Å². The minimum absolute atomic E-state index is 0.0283. The van der Waals surface area contributed by atoms with Gasteiger partial charge in [-0.1, -0.05) is 24.3 Å². The molecule has 0 bridgehead atoms. The predicted octanol–water partition coefficient (Wildman–Crippen LogP) is 6.55. The third-order valence-corrected chi connectivity index (χ3v) is 8.58. The largest absolute Gasteiger partial charge is 0.270 e. The number of rotatable bonds is 7. The Morgan fingerprint density at radius 3 is 1.57 bits per heavy atom. The molecule has 12 heteroatoms. The van der Waals surface area contributed by atoms with Gasteiger partial charge in [0.05, 0.1) is 21.2 Å². The van der Waals surface area contributed by atoms with E-state index in [1.807, 2.05) is 10.8 Å². The number of nitro groups is 2. The first-order chi connectivity index (χ1) is 14.5. The molecule has 0 radical (unpaired) electrons. The monoisotopic (exact) mass is 474 g/mol. The second-order valence-electron chi connectivity index (χ2n) is 5.78. The Bertz CT molecular complexity index is 1140. The van der Waals surface area contributed by atoms with Gasteiger partial charge in [0.15, 0.2) is 8.68 Å². The average molecular weight is 475 g/mol. The van der Waals surface area contributed by atoms with Gasteiger partial charge >= 0.3 is 0 Å². The molecule has 150 valence electrons. The highest BCUT2D eigenvalue weighted by Crippen LogP contribution is 2.42. The molecule has 4 rings (SSSR count). The summed E-state index contributed by atoms with van der Waals surface area (Å²) in [6, 6.07) is 12.8. The van der Waals surface area contributed by atoms with Gasteiger partial charge in [-0.05, 0) is 21.6 Å². The zero-order chi connectivity index (χ0) is 21.1. The van der Waals surface area contributed by atoms with Crippen LogP contribution in [0.5, 0.6) is 0 Å². The lowest BCUT2D eigenvalue weighted by Gasteiger charge is -1.97. The minimum atomic E-state index is -0.428. The molecule has 30 heavy (non-hydrogen) atoms. The van der Waals surface area contributed by atoms with Crippen molar-refractivity contribution in [1.29, 1.82) is 0 Å². The number of benzene rings is 2. The maximum absolute atomic E-state index is 10.9. The van der Waals surface area contributed by atoms with E-state index in [4.69, 9.17) is 0 Å². The normalized spacial score (nSPS) is 10.8. The van der Waals surface area contributed by atoms with Crippen LogP contribution in [0.2, 0.25) is 0 Å². The quantitative estimate of drug-likeness (QED) is 0.168. The molecule has 2 aromatic heterocycles. The third-order valence-electron chi connectivity index (χ3n) is 3.86. The summed E-state index contributed by atoms with van der Waals surface area (Å²) in [5.41, 5.74) is 2.81. The summed E-state index contributed by atoms with van der Waals surface area (Å²) in [7, 11) is 2.89. The Kier molecular flexibility index (Phi) is 6.08. The van der Waals surface area contributed by atoms with Crippen LogP contribution in [0.25, 0.3) is 22.5 Å². The highest BCUT2D eigenvalue weighted by molar-refractivity contribution is 8.77. The van der Waals surface area contributed by atoms with Gasteiger partial charge in [-0.15, -0.1) is 22.7 Å². The van der Waals surface area contributed by atoms with E-state index in [2.05, 4.69) is 9.97 Å². The Labute approximate surface area is 185 Å². The standard InChI is InChI=1S/C18H10N4O4S4/c23-21(24)13-5-1-3-11(7-13)15-9-27-17(19-15)29-30-18-20-16(10-28-18)12-4-2-6-14(8-12)22(25)26/h1-10H. The van der Waals surface area contributed by atoms with Crippen LogP contribution >= 0.6 is 44.3 Å². The molecule has 0 saturated heterocycles. The molecule has 0 saturated carbocycles. The van der Waals surface area contributed by atoms with Crippen LogP contribution in [-0.4, -0.2) is 19.8 Å². The van der Waals surface area contributed by atoms with Crippen molar-refractivity contribution in [1.82, 2.24) is 9.97 Å². The number of nitro benzene ring substituents is 2. The molecule has 2 heterocycles. The Hall–Kier alpha value is -2.80. The smallest absolute Gasteiger partial charge is 0.258 e. The fraction of sp³-hybridized carbons (Fsp3) is 0. The second kappa shape index (κ2) is 8.92. The Morgan fingerprint density at radius 1 is 0.733 bits per heavy atom. The van der Waals surface area contributed by atoms with E-state index < -0.39 is 9.85 Å². The SMILES string of the molecule is O=[N+]([O-])c1cccc(-c2csc(SSc3nc(-c4cccc([N+](=O)[O-])c4)cs3)n2)c1. The summed E-state index contributed by atoms with van der Waals surface area (Å²) in [4.78, 5) is 30.1. The number of nitrogens with zero attached hydrogens (tertiary/aromatic N) is 4. The third kappa shape index (κ3) is 4.67. The second-order valence-corrected chi connectivity index (χ2v) is 10.1. The van der Waals surface area contributed by atoms with Gasteiger partial charge in [0, 0.05) is 46.2 Å². The maximum atomic E-state index is 10.9. The van der Waals surface area contributed by atoms with E-state index in [0.29, 0.717) is 22.5 Å². The van der Waals surface area contributed by atoms with Crippen LogP contribution in [0, 0.1) is 20.2 Å². The maximum Gasteiger partial charge on any atom is 0.270 e. The Morgan fingerprint density at radius 2 is 1.17 bits per heavy atom. The van der Waals surface area contributed by atoms with Crippen molar-refractivity contribution in [2.24, 2.45) is 0 Å². The van der Waals surface area contributed by atoms with Gasteiger partial charge < -0.3 is 0 Å². The molecule has 0 aliphatic rings. The van der Waals surface area contributed by atoms with Crippen molar-refractivity contribution in [3.63, 3.8) is 0 Å². The summed E-state index contributed by atoms with van der Waals surface area (Å²) in [5, 5.41) is 25.6. The summed E-state index contributed by atoms with van der Waals surface area (Å²) in [6.07, 6.45) is 0. The van der Waals surface area contributed by atoms with Crippen molar-refractivity contribution in [2.75, 3.05) is 0 Å². The molecule has 0 atom stereocenters. The molecule has 0 N–H and O–H groups in total. The van der Waals surface area contributed by atoms with E-state index in [-0.39, 0.29) is 11.4 Å². The van der Waals surface area contributed by atoms with Gasteiger partial charge in [0.25, 0.3) is 11.4 Å². The predicted molar refractivity (Wildman–Crippen MR) is 120 cm³/mol. The molecule has 4 aromatic rings. The number of hydrogen-bond donors (Lipinski definition) is 0. The topological polar surface area (TPSA) is 112 Å². The number of hydrogen-bond acceptors (Lipinski definition) is 10. The summed E-state index contributed by atoms with van der Waals surface area (Å²) >= 11 is 2.90. The van der Waals surface area contributed by atoms with Crippen molar-refractivity contribution >= 4 is 55.6 Å². The van der Waals surface area contributed by atoms with Crippen molar-refractivity contribution in [3.8, 4) is 22.5 Å². The summed E-state index contributed by atoms with van der Waals surface area (Å²) in [6.45, 7) is 0. The van der Waals surface area contributed by atoms with Crippen LogP contribution in [0.1, 0.15) is 0 Å². The van der Waals surface area contributed by atoms with Crippen LogP contribution in [0.15, 0.2) is 68.0 Å². The van der Waals surface area contributed by atoms with Gasteiger partial charge in [-0.3, -0.25) is 20.2 Å². The lowest BCUT2D eigenvalue weighted by Crippen LogP contribution is -1.88. The molecule has 0 spiro atoms. The zero-order valence-corrected chi connectivity index (χ0v) is 18.1. The van der Waals surface area contributed by atoms with Gasteiger partial charge in [-0.25, -0.2) is 9.97 Å². The van der Waals surface area contributed by atoms with Crippen LogP contribution in [-0.2, 0) is 0 Å². The molecule has 0 fully saturated rings. The number of aromatic nitrogens is 2. The molecular weight excluding hydrogens is 464 g/mol. The van der Waals surface area contributed by atoms with E-state index in [9.17, 15) is 20.2 Å². The van der Waals surface area contributed by atoms with Crippen molar-refractivity contribution in [3.05, 3.63) is 79.5 Å². The number of non-ortho nitro benzene ring substituents is 2. The zero-order valence-electron chi connectivity index (χ0n) is 14.8. The molecule has 8 nitrogen and oxygen atoms in total. The lowest BCUT2D eigenvalue weighted by molar-refractivity contribution is -0.385.